The second-order valence-corrected chi connectivity index (χ2v) is 5.32. The summed E-state index contributed by atoms with van der Waals surface area (Å²) in [5, 5.41) is 11.5. The van der Waals surface area contributed by atoms with E-state index in [9.17, 15) is 9.59 Å². The van der Waals surface area contributed by atoms with Gasteiger partial charge in [-0.05, 0) is 40.3 Å². The van der Waals surface area contributed by atoms with Gasteiger partial charge in [0.1, 0.15) is 0 Å². The second-order valence-electron chi connectivity index (χ2n) is 5.32. The van der Waals surface area contributed by atoms with Crippen molar-refractivity contribution in [3.05, 3.63) is 0 Å². The Morgan fingerprint density at radius 1 is 0.955 bits per heavy atom. The highest BCUT2D eigenvalue weighted by Gasteiger charge is 2.11. The quantitative estimate of drug-likeness (QED) is 0.485. The van der Waals surface area contributed by atoms with Crippen LogP contribution in [0.2, 0.25) is 0 Å². The Labute approximate surface area is 136 Å². The summed E-state index contributed by atoms with van der Waals surface area (Å²) >= 11 is 0. The van der Waals surface area contributed by atoms with Crippen LogP contribution in [0.1, 0.15) is 52.9 Å². The van der Waals surface area contributed by atoms with Crippen molar-refractivity contribution in [3.8, 4) is 0 Å². The van der Waals surface area contributed by atoms with Crippen LogP contribution in [0.3, 0.4) is 0 Å². The van der Waals surface area contributed by atoms with Crippen LogP contribution in [-0.4, -0.2) is 51.6 Å². The summed E-state index contributed by atoms with van der Waals surface area (Å²) in [7, 11) is 5.37. The van der Waals surface area contributed by atoms with Crippen molar-refractivity contribution in [1.82, 2.24) is 21.3 Å². The third kappa shape index (κ3) is 13.8. The lowest BCUT2D eigenvalue weighted by Crippen LogP contribution is -2.40. The molecule has 0 aliphatic carbocycles. The van der Waals surface area contributed by atoms with Crippen molar-refractivity contribution in [2.75, 3.05) is 27.7 Å². The predicted molar refractivity (Wildman–Crippen MR) is 92.9 cm³/mol. The maximum absolute atomic E-state index is 11.1. The van der Waals surface area contributed by atoms with E-state index in [1.807, 2.05) is 7.05 Å². The van der Waals surface area contributed by atoms with Gasteiger partial charge in [0.2, 0.25) is 11.8 Å². The van der Waals surface area contributed by atoms with E-state index in [4.69, 9.17) is 0 Å². The Kier molecular flexibility index (Phi) is 17.1. The minimum atomic E-state index is -0.0185. The molecule has 0 radical (unpaired) electrons. The molecule has 2 atom stereocenters. The van der Waals surface area contributed by atoms with Crippen molar-refractivity contribution in [2.45, 2.75) is 65.0 Å². The first-order valence-corrected chi connectivity index (χ1v) is 8.29. The molecule has 132 valence electrons. The lowest BCUT2D eigenvalue weighted by atomic mass is 10.1. The molecule has 0 fully saturated rings. The molecule has 0 rings (SSSR count). The van der Waals surface area contributed by atoms with E-state index in [0.29, 0.717) is 12.5 Å². The normalized spacial score (nSPS) is 12.6. The fourth-order valence-corrected chi connectivity index (χ4v) is 1.71. The molecule has 0 saturated heterocycles. The third-order valence-corrected chi connectivity index (χ3v) is 3.36. The second kappa shape index (κ2) is 16.2. The van der Waals surface area contributed by atoms with Gasteiger partial charge in [0.25, 0.3) is 0 Å². The molecule has 2 unspecified atom stereocenters. The molecule has 0 aromatic carbocycles. The van der Waals surface area contributed by atoms with Gasteiger partial charge in [0.15, 0.2) is 0 Å². The summed E-state index contributed by atoms with van der Waals surface area (Å²) in [4.78, 5) is 22.0. The molecule has 0 spiro atoms. The number of likely N-dealkylation sites (N-methyl/N-ethyl adjacent to an activating group) is 2. The van der Waals surface area contributed by atoms with E-state index < -0.39 is 0 Å². The van der Waals surface area contributed by atoms with Gasteiger partial charge >= 0.3 is 0 Å². The fourth-order valence-electron chi connectivity index (χ4n) is 1.71. The summed E-state index contributed by atoms with van der Waals surface area (Å²) in [6.07, 6.45) is 4.47. The van der Waals surface area contributed by atoms with Crippen LogP contribution < -0.4 is 21.3 Å². The SMILES string of the molecule is CCCC(NC)C(=O)NC.CCCNC(=O)CCC(C)NC. The first-order valence-electron chi connectivity index (χ1n) is 8.29. The van der Waals surface area contributed by atoms with Gasteiger partial charge in [-0.25, -0.2) is 0 Å². The minimum absolute atomic E-state index is 0.0185. The Hall–Kier alpha value is -1.14. The molecule has 0 aliphatic rings. The van der Waals surface area contributed by atoms with Gasteiger partial charge in [-0.15, -0.1) is 0 Å². The van der Waals surface area contributed by atoms with E-state index in [1.54, 1.807) is 14.1 Å². The Morgan fingerprint density at radius 2 is 1.59 bits per heavy atom. The molecule has 0 saturated carbocycles. The lowest BCUT2D eigenvalue weighted by molar-refractivity contribution is -0.123. The van der Waals surface area contributed by atoms with E-state index in [-0.39, 0.29) is 17.9 Å². The highest BCUT2D eigenvalue weighted by molar-refractivity contribution is 5.81. The summed E-state index contributed by atoms with van der Waals surface area (Å²) in [6.45, 7) is 6.99. The highest BCUT2D eigenvalue weighted by atomic mass is 16.2. The monoisotopic (exact) mass is 316 g/mol. The van der Waals surface area contributed by atoms with Gasteiger partial charge < -0.3 is 21.3 Å². The van der Waals surface area contributed by atoms with Crippen LogP contribution >= 0.6 is 0 Å². The van der Waals surface area contributed by atoms with E-state index >= 15 is 0 Å². The summed E-state index contributed by atoms with van der Waals surface area (Å²) in [5.41, 5.74) is 0. The maximum Gasteiger partial charge on any atom is 0.236 e. The van der Waals surface area contributed by atoms with Crippen molar-refractivity contribution >= 4 is 11.8 Å². The molecule has 6 heteroatoms. The molecule has 6 nitrogen and oxygen atoms in total. The van der Waals surface area contributed by atoms with Crippen LogP contribution in [0.25, 0.3) is 0 Å². The molecule has 0 aliphatic heterocycles. The zero-order valence-electron chi connectivity index (χ0n) is 15.2. The topological polar surface area (TPSA) is 82.3 Å². The average molecular weight is 316 g/mol. The number of carbonyl (C=O) groups is 2. The van der Waals surface area contributed by atoms with E-state index in [2.05, 4.69) is 42.0 Å². The van der Waals surface area contributed by atoms with Gasteiger partial charge in [0.05, 0.1) is 6.04 Å². The highest BCUT2D eigenvalue weighted by Crippen LogP contribution is 1.95. The summed E-state index contributed by atoms with van der Waals surface area (Å²) in [6, 6.07) is 0.410. The maximum atomic E-state index is 11.1. The van der Waals surface area contributed by atoms with Crippen LogP contribution in [-0.2, 0) is 9.59 Å². The molecule has 22 heavy (non-hydrogen) atoms. The summed E-state index contributed by atoms with van der Waals surface area (Å²) < 4.78 is 0. The third-order valence-electron chi connectivity index (χ3n) is 3.36. The summed E-state index contributed by atoms with van der Waals surface area (Å²) in [5.74, 6) is 0.239. The van der Waals surface area contributed by atoms with Crippen LogP contribution in [0.5, 0.6) is 0 Å². The number of hydrogen-bond donors (Lipinski definition) is 4. The molecular weight excluding hydrogens is 280 g/mol. The predicted octanol–water partition coefficient (Wildman–Crippen LogP) is 1.02. The molecular formula is C16H36N4O2. The van der Waals surface area contributed by atoms with Gasteiger partial charge in [-0.1, -0.05) is 20.3 Å². The van der Waals surface area contributed by atoms with Crippen molar-refractivity contribution in [1.29, 1.82) is 0 Å². The van der Waals surface area contributed by atoms with Crippen LogP contribution in [0.15, 0.2) is 0 Å². The van der Waals surface area contributed by atoms with E-state index in [0.717, 1.165) is 32.2 Å². The molecule has 4 N–H and O–H groups in total. The van der Waals surface area contributed by atoms with E-state index in [1.165, 1.54) is 0 Å². The van der Waals surface area contributed by atoms with Crippen molar-refractivity contribution in [2.24, 2.45) is 0 Å². The fraction of sp³-hybridized carbons (Fsp3) is 0.875. The minimum Gasteiger partial charge on any atom is -0.358 e. The van der Waals surface area contributed by atoms with Crippen LogP contribution in [0.4, 0.5) is 0 Å². The first kappa shape index (κ1) is 23.1. The number of rotatable bonds is 10. The first-order chi connectivity index (χ1) is 10.5. The molecule has 0 aromatic heterocycles. The molecule has 0 bridgehead atoms. The smallest absolute Gasteiger partial charge is 0.236 e. The van der Waals surface area contributed by atoms with Crippen molar-refractivity contribution < 1.29 is 9.59 Å². The standard InChI is InChI=1S/C9H20N2O.C7H16N2O/c1-4-7-11-9(12)6-5-8(2)10-3;1-4-5-6(8-2)7(10)9-3/h8,10H,4-7H2,1-3H3,(H,11,12);6,8H,4-5H2,1-3H3,(H,9,10). The average Bonchev–Trinajstić information content (AvgIpc) is 2.55. The Balaban J connectivity index is 0. The number of hydrogen-bond acceptors (Lipinski definition) is 4. The molecule has 2 amide bonds. The Morgan fingerprint density at radius 3 is 2.00 bits per heavy atom. The molecule has 0 aromatic rings. The van der Waals surface area contributed by atoms with Gasteiger partial charge in [-0.3, -0.25) is 9.59 Å². The Bertz CT molecular complexity index is 285. The number of amides is 2. The lowest BCUT2D eigenvalue weighted by Gasteiger charge is -2.12. The zero-order valence-corrected chi connectivity index (χ0v) is 15.2. The number of nitrogens with one attached hydrogen (secondary N) is 4. The van der Waals surface area contributed by atoms with Gasteiger partial charge in [-0.2, -0.15) is 0 Å². The van der Waals surface area contributed by atoms with Crippen LogP contribution in [0, 0.1) is 0 Å². The largest absolute Gasteiger partial charge is 0.358 e. The number of carbonyl (C=O) groups excluding carboxylic acids is 2. The zero-order chi connectivity index (χ0) is 17.4. The van der Waals surface area contributed by atoms with Crippen molar-refractivity contribution in [3.63, 3.8) is 0 Å². The van der Waals surface area contributed by atoms with Gasteiger partial charge in [0, 0.05) is 26.1 Å². The molecule has 0 heterocycles.